The van der Waals surface area contributed by atoms with E-state index in [9.17, 15) is 4.79 Å². The van der Waals surface area contributed by atoms with E-state index in [1.165, 1.54) is 5.56 Å². The Hall–Kier alpha value is -3.41. The fourth-order valence-electron chi connectivity index (χ4n) is 3.26. The lowest BCUT2D eigenvalue weighted by atomic mass is 9.87. The normalized spacial score (nSPS) is 11.2. The molecule has 0 spiro atoms. The van der Waals surface area contributed by atoms with E-state index in [0.717, 1.165) is 11.3 Å². The fourth-order valence-corrected chi connectivity index (χ4v) is 3.26. The highest BCUT2D eigenvalue weighted by Gasteiger charge is 2.14. The van der Waals surface area contributed by atoms with Crippen LogP contribution in [0.5, 0.6) is 17.2 Å². The second-order valence-electron chi connectivity index (χ2n) is 8.66. The van der Waals surface area contributed by atoms with Crippen LogP contribution in [0, 0.1) is 0 Å². The van der Waals surface area contributed by atoms with Gasteiger partial charge in [-0.3, -0.25) is 4.79 Å². The number of benzene rings is 2. The van der Waals surface area contributed by atoms with Gasteiger partial charge in [-0.1, -0.05) is 39.0 Å². The smallest absolute Gasteiger partial charge is 0.287 e. The van der Waals surface area contributed by atoms with Gasteiger partial charge in [0.05, 0.1) is 13.2 Å². The van der Waals surface area contributed by atoms with Crippen molar-refractivity contribution >= 4 is 5.91 Å². The average molecular weight is 452 g/mol. The maximum absolute atomic E-state index is 12.5. The number of carbonyl (C=O) groups excluding carboxylic acids is 1. The van der Waals surface area contributed by atoms with Crippen molar-refractivity contribution in [2.24, 2.45) is 0 Å². The monoisotopic (exact) mass is 451 g/mol. The first kappa shape index (κ1) is 24.2. The summed E-state index contributed by atoms with van der Waals surface area (Å²) in [4.78, 5) is 12.5. The van der Waals surface area contributed by atoms with Crippen LogP contribution in [0.25, 0.3) is 0 Å². The lowest BCUT2D eigenvalue weighted by Crippen LogP contribution is -2.22. The zero-order chi connectivity index (χ0) is 23.8. The third-order valence-corrected chi connectivity index (χ3v) is 5.05. The maximum Gasteiger partial charge on any atom is 0.287 e. The van der Waals surface area contributed by atoms with Gasteiger partial charge >= 0.3 is 0 Å². The summed E-state index contributed by atoms with van der Waals surface area (Å²) in [5, 5.41) is 2.87. The molecule has 1 aromatic heterocycles. The molecular formula is C27H33NO5. The number of nitrogens with one attached hydrogen (secondary N) is 1. The van der Waals surface area contributed by atoms with Crippen molar-refractivity contribution in [3.8, 4) is 17.2 Å². The first-order valence-corrected chi connectivity index (χ1v) is 11.3. The van der Waals surface area contributed by atoms with Crippen LogP contribution in [-0.2, 0) is 18.6 Å². The second kappa shape index (κ2) is 10.9. The molecule has 3 rings (SSSR count). The molecule has 0 aliphatic heterocycles. The van der Waals surface area contributed by atoms with Crippen LogP contribution in [0.2, 0.25) is 0 Å². The molecule has 1 N–H and O–H groups in total. The SMILES string of the molecule is CCOc1ccc(CNC(=O)c2ccc(COc3ccc(C(C)(C)C)cc3)o2)cc1OCC. The molecule has 2 aromatic carbocycles. The molecule has 3 aromatic rings. The molecule has 0 unspecified atom stereocenters. The number of furan rings is 1. The van der Waals surface area contributed by atoms with Gasteiger partial charge in [-0.15, -0.1) is 0 Å². The van der Waals surface area contributed by atoms with Crippen LogP contribution >= 0.6 is 0 Å². The summed E-state index contributed by atoms with van der Waals surface area (Å²) in [6.45, 7) is 12.1. The summed E-state index contributed by atoms with van der Waals surface area (Å²) in [5.74, 6) is 2.65. The Morgan fingerprint density at radius 1 is 0.879 bits per heavy atom. The Bertz CT molecular complexity index is 1050. The molecule has 1 heterocycles. The highest BCUT2D eigenvalue weighted by molar-refractivity contribution is 5.91. The molecule has 0 fully saturated rings. The molecule has 0 aliphatic carbocycles. The first-order valence-electron chi connectivity index (χ1n) is 11.3. The van der Waals surface area contributed by atoms with E-state index in [2.05, 4.69) is 38.2 Å². The van der Waals surface area contributed by atoms with E-state index >= 15 is 0 Å². The zero-order valence-electron chi connectivity index (χ0n) is 20.1. The van der Waals surface area contributed by atoms with Crippen molar-refractivity contribution in [2.45, 2.75) is 53.2 Å². The van der Waals surface area contributed by atoms with E-state index in [0.29, 0.717) is 37.0 Å². The quantitative estimate of drug-likeness (QED) is 0.417. The van der Waals surface area contributed by atoms with Crippen molar-refractivity contribution in [2.75, 3.05) is 13.2 Å². The summed E-state index contributed by atoms with van der Waals surface area (Å²) in [7, 11) is 0. The number of rotatable bonds is 10. The Labute approximate surface area is 195 Å². The van der Waals surface area contributed by atoms with Crippen molar-refractivity contribution in [3.63, 3.8) is 0 Å². The number of hydrogen-bond donors (Lipinski definition) is 1. The third-order valence-electron chi connectivity index (χ3n) is 5.05. The van der Waals surface area contributed by atoms with Gasteiger partial charge in [-0.25, -0.2) is 0 Å². The van der Waals surface area contributed by atoms with Crippen molar-refractivity contribution in [3.05, 3.63) is 77.2 Å². The molecule has 0 radical (unpaired) electrons. The molecule has 0 bridgehead atoms. The van der Waals surface area contributed by atoms with Crippen molar-refractivity contribution in [1.29, 1.82) is 0 Å². The minimum absolute atomic E-state index is 0.0950. The summed E-state index contributed by atoms with van der Waals surface area (Å²) < 4.78 is 22.7. The van der Waals surface area contributed by atoms with Gasteiger partial charge < -0.3 is 23.9 Å². The standard InChI is InChI=1S/C27H33NO5/c1-6-30-23-14-8-19(16-25(23)31-7-2)17-28-26(29)24-15-13-22(33-24)18-32-21-11-9-20(10-12-21)27(3,4)5/h8-16H,6-7,17-18H2,1-5H3,(H,28,29). The van der Waals surface area contributed by atoms with Crippen LogP contribution < -0.4 is 19.5 Å². The number of hydrogen-bond acceptors (Lipinski definition) is 5. The van der Waals surface area contributed by atoms with E-state index < -0.39 is 0 Å². The third kappa shape index (κ3) is 6.78. The van der Waals surface area contributed by atoms with Gasteiger partial charge in [0.25, 0.3) is 5.91 Å². The lowest BCUT2D eigenvalue weighted by Gasteiger charge is -2.19. The second-order valence-corrected chi connectivity index (χ2v) is 8.66. The van der Waals surface area contributed by atoms with Crippen LogP contribution in [-0.4, -0.2) is 19.1 Å². The average Bonchev–Trinajstić information content (AvgIpc) is 3.27. The van der Waals surface area contributed by atoms with Gasteiger partial charge in [0.1, 0.15) is 18.1 Å². The predicted molar refractivity (Wildman–Crippen MR) is 128 cm³/mol. The lowest BCUT2D eigenvalue weighted by molar-refractivity contribution is 0.0919. The molecule has 176 valence electrons. The van der Waals surface area contributed by atoms with Crippen molar-refractivity contribution in [1.82, 2.24) is 5.32 Å². The van der Waals surface area contributed by atoms with Crippen LogP contribution in [0.1, 0.15) is 62.1 Å². The van der Waals surface area contributed by atoms with Gasteiger partial charge in [0.2, 0.25) is 0 Å². The molecule has 0 aliphatic rings. The molecule has 0 saturated carbocycles. The zero-order valence-corrected chi connectivity index (χ0v) is 20.1. The Morgan fingerprint density at radius 3 is 2.24 bits per heavy atom. The molecular weight excluding hydrogens is 418 g/mol. The van der Waals surface area contributed by atoms with Gasteiger partial charge in [0, 0.05) is 6.54 Å². The Kier molecular flexibility index (Phi) is 8.04. The predicted octanol–water partition coefficient (Wildman–Crippen LogP) is 5.88. The summed E-state index contributed by atoms with van der Waals surface area (Å²) in [6.07, 6.45) is 0. The van der Waals surface area contributed by atoms with Gasteiger partial charge in [-0.05, 0) is 66.8 Å². The van der Waals surface area contributed by atoms with Crippen molar-refractivity contribution < 1.29 is 23.4 Å². The van der Waals surface area contributed by atoms with E-state index in [1.807, 2.05) is 44.2 Å². The van der Waals surface area contributed by atoms with Gasteiger partial charge in [0.15, 0.2) is 17.3 Å². The minimum Gasteiger partial charge on any atom is -0.490 e. The molecule has 6 nitrogen and oxygen atoms in total. The molecule has 1 amide bonds. The van der Waals surface area contributed by atoms with Gasteiger partial charge in [-0.2, -0.15) is 0 Å². The summed E-state index contributed by atoms with van der Waals surface area (Å²) in [6, 6.07) is 17.1. The van der Waals surface area contributed by atoms with Crippen LogP contribution in [0.15, 0.2) is 59.0 Å². The maximum atomic E-state index is 12.5. The molecule has 0 saturated heterocycles. The highest BCUT2D eigenvalue weighted by Crippen LogP contribution is 2.28. The number of ether oxygens (including phenoxy) is 3. The number of amides is 1. The molecule has 0 atom stereocenters. The van der Waals surface area contributed by atoms with E-state index in [4.69, 9.17) is 18.6 Å². The Balaban J connectivity index is 1.54. The summed E-state index contributed by atoms with van der Waals surface area (Å²) in [5.41, 5.74) is 2.24. The minimum atomic E-state index is -0.289. The Morgan fingerprint density at radius 2 is 1.58 bits per heavy atom. The fraction of sp³-hybridized carbons (Fsp3) is 0.370. The van der Waals surface area contributed by atoms with E-state index in [-0.39, 0.29) is 23.7 Å². The topological polar surface area (TPSA) is 69.9 Å². The number of carbonyl (C=O) groups is 1. The van der Waals surface area contributed by atoms with Crippen LogP contribution in [0.4, 0.5) is 0 Å². The van der Waals surface area contributed by atoms with E-state index in [1.54, 1.807) is 12.1 Å². The molecule has 6 heteroatoms. The first-order chi connectivity index (χ1) is 15.8. The highest BCUT2D eigenvalue weighted by atomic mass is 16.5. The summed E-state index contributed by atoms with van der Waals surface area (Å²) >= 11 is 0. The van der Waals surface area contributed by atoms with Crippen LogP contribution in [0.3, 0.4) is 0 Å². The molecule has 33 heavy (non-hydrogen) atoms. The largest absolute Gasteiger partial charge is 0.490 e.